The van der Waals surface area contributed by atoms with Gasteiger partial charge in [-0.2, -0.15) is 0 Å². The normalized spacial score (nSPS) is 10.2. The first-order valence-corrected chi connectivity index (χ1v) is 9.17. The molecule has 2 rings (SSSR count). The minimum Gasteiger partial charge on any atom is -0.455 e. The van der Waals surface area contributed by atoms with Gasteiger partial charge in [0, 0.05) is 10.2 Å². The van der Waals surface area contributed by atoms with Gasteiger partial charge in [0.1, 0.15) is 0 Å². The molecule has 2 aromatic carbocycles. The van der Waals surface area contributed by atoms with Crippen LogP contribution in [0.3, 0.4) is 0 Å². The zero-order chi connectivity index (χ0) is 19.8. The van der Waals surface area contributed by atoms with E-state index in [0.717, 1.165) is 21.2 Å². The molecular formula is C20H21BrN2O4. The van der Waals surface area contributed by atoms with Gasteiger partial charge < -0.3 is 15.4 Å². The maximum Gasteiger partial charge on any atom is 0.310 e. The van der Waals surface area contributed by atoms with Crippen LogP contribution in [-0.2, 0) is 25.5 Å². The fourth-order valence-electron chi connectivity index (χ4n) is 2.35. The zero-order valence-corrected chi connectivity index (χ0v) is 16.8. The number of nitrogens with one attached hydrogen (secondary N) is 2. The number of carbonyl (C=O) groups is 3. The Morgan fingerprint density at radius 3 is 2.44 bits per heavy atom. The highest BCUT2D eigenvalue weighted by atomic mass is 79.9. The topological polar surface area (TPSA) is 84.5 Å². The maximum absolute atomic E-state index is 11.9. The smallest absolute Gasteiger partial charge is 0.310 e. The van der Waals surface area contributed by atoms with Gasteiger partial charge in [-0.25, -0.2) is 0 Å². The van der Waals surface area contributed by atoms with Crippen molar-refractivity contribution in [2.24, 2.45) is 0 Å². The van der Waals surface area contributed by atoms with Crippen molar-refractivity contribution >= 4 is 39.4 Å². The predicted octanol–water partition coefficient (Wildman–Crippen LogP) is 2.91. The van der Waals surface area contributed by atoms with Gasteiger partial charge in [-0.05, 0) is 48.7 Å². The molecule has 0 spiro atoms. The Morgan fingerprint density at radius 2 is 1.74 bits per heavy atom. The lowest BCUT2D eigenvalue weighted by atomic mass is 10.1. The van der Waals surface area contributed by atoms with Crippen LogP contribution in [0.5, 0.6) is 0 Å². The standard InChI is InChI=1S/C20H21BrN2O4/c1-13-5-3-4-6-15(13)10-20(26)27-12-19(25)22-11-18(24)23-17-8-7-16(21)9-14(17)2/h3-9H,10-12H2,1-2H3,(H,22,25)(H,23,24). The Balaban J connectivity index is 1.71. The van der Waals surface area contributed by atoms with E-state index in [1.54, 1.807) is 6.07 Å². The molecule has 0 fully saturated rings. The van der Waals surface area contributed by atoms with Gasteiger partial charge in [0.15, 0.2) is 6.61 Å². The molecular weight excluding hydrogens is 412 g/mol. The summed E-state index contributed by atoms with van der Waals surface area (Å²) in [5, 5.41) is 5.14. The molecule has 142 valence electrons. The molecule has 0 aliphatic heterocycles. The number of carbonyl (C=O) groups excluding carboxylic acids is 3. The quantitative estimate of drug-likeness (QED) is 0.658. The zero-order valence-electron chi connectivity index (χ0n) is 15.2. The lowest BCUT2D eigenvalue weighted by molar-refractivity contribution is -0.147. The Morgan fingerprint density at radius 1 is 1.00 bits per heavy atom. The van der Waals surface area contributed by atoms with Gasteiger partial charge in [0.25, 0.3) is 5.91 Å². The molecule has 0 aliphatic carbocycles. The summed E-state index contributed by atoms with van der Waals surface area (Å²) in [6.07, 6.45) is 0.100. The van der Waals surface area contributed by atoms with E-state index in [9.17, 15) is 14.4 Å². The number of rotatable bonds is 7. The lowest BCUT2D eigenvalue weighted by Gasteiger charge is -2.10. The number of anilines is 1. The third-order valence-electron chi connectivity index (χ3n) is 3.87. The number of amides is 2. The highest BCUT2D eigenvalue weighted by Crippen LogP contribution is 2.19. The lowest BCUT2D eigenvalue weighted by Crippen LogP contribution is -2.35. The maximum atomic E-state index is 11.9. The molecule has 2 N–H and O–H groups in total. The molecule has 7 heteroatoms. The van der Waals surface area contributed by atoms with Gasteiger partial charge in [-0.15, -0.1) is 0 Å². The summed E-state index contributed by atoms with van der Waals surface area (Å²) in [6.45, 7) is 3.15. The van der Waals surface area contributed by atoms with Crippen LogP contribution in [0.25, 0.3) is 0 Å². The van der Waals surface area contributed by atoms with Gasteiger partial charge in [-0.1, -0.05) is 40.2 Å². The average molecular weight is 433 g/mol. The molecule has 0 aromatic heterocycles. The van der Waals surface area contributed by atoms with Crippen LogP contribution in [0.15, 0.2) is 46.9 Å². The van der Waals surface area contributed by atoms with Gasteiger partial charge in [0.05, 0.1) is 13.0 Å². The Hall–Kier alpha value is -2.67. The second kappa shape index (κ2) is 9.87. The first-order chi connectivity index (χ1) is 12.8. The number of hydrogen-bond acceptors (Lipinski definition) is 4. The average Bonchev–Trinajstić information content (AvgIpc) is 2.62. The third kappa shape index (κ3) is 6.86. The SMILES string of the molecule is Cc1ccccc1CC(=O)OCC(=O)NCC(=O)Nc1ccc(Br)cc1C. The molecule has 0 saturated carbocycles. The molecule has 2 amide bonds. The summed E-state index contributed by atoms with van der Waals surface area (Å²) >= 11 is 3.35. The highest BCUT2D eigenvalue weighted by Gasteiger charge is 2.11. The van der Waals surface area contributed by atoms with E-state index in [-0.39, 0.29) is 18.9 Å². The van der Waals surface area contributed by atoms with Crippen molar-refractivity contribution < 1.29 is 19.1 Å². The molecule has 0 atom stereocenters. The summed E-state index contributed by atoms with van der Waals surface area (Å²) in [7, 11) is 0. The number of esters is 1. The van der Waals surface area contributed by atoms with Crippen molar-refractivity contribution in [3.8, 4) is 0 Å². The molecule has 6 nitrogen and oxygen atoms in total. The molecule has 0 heterocycles. The molecule has 0 radical (unpaired) electrons. The van der Waals surface area contributed by atoms with Crippen molar-refractivity contribution in [1.29, 1.82) is 0 Å². The van der Waals surface area contributed by atoms with Crippen molar-refractivity contribution in [1.82, 2.24) is 5.32 Å². The summed E-state index contributed by atoms with van der Waals surface area (Å²) in [5.41, 5.74) is 3.40. The fourth-order valence-corrected chi connectivity index (χ4v) is 2.83. The summed E-state index contributed by atoms with van der Waals surface area (Å²) in [4.78, 5) is 35.5. The summed E-state index contributed by atoms with van der Waals surface area (Å²) < 4.78 is 5.87. The fraction of sp³-hybridized carbons (Fsp3) is 0.250. The third-order valence-corrected chi connectivity index (χ3v) is 4.36. The monoisotopic (exact) mass is 432 g/mol. The van der Waals surface area contributed by atoms with E-state index in [1.165, 1.54) is 0 Å². The predicted molar refractivity (Wildman–Crippen MR) is 106 cm³/mol. The summed E-state index contributed by atoms with van der Waals surface area (Å²) in [5.74, 6) is -1.38. The molecule has 27 heavy (non-hydrogen) atoms. The van der Waals surface area contributed by atoms with E-state index >= 15 is 0 Å². The van der Waals surface area contributed by atoms with Gasteiger partial charge >= 0.3 is 5.97 Å². The van der Waals surface area contributed by atoms with Gasteiger partial charge in [-0.3, -0.25) is 14.4 Å². The molecule has 0 bridgehead atoms. The van der Waals surface area contributed by atoms with Crippen molar-refractivity contribution in [2.45, 2.75) is 20.3 Å². The first kappa shape index (κ1) is 20.6. The Kier molecular flexibility index (Phi) is 7.55. The Labute approximate surface area is 166 Å². The van der Waals surface area contributed by atoms with Crippen molar-refractivity contribution in [2.75, 3.05) is 18.5 Å². The van der Waals surface area contributed by atoms with Crippen molar-refractivity contribution in [3.63, 3.8) is 0 Å². The number of aryl methyl sites for hydroxylation is 2. The van der Waals surface area contributed by atoms with Crippen LogP contribution in [0, 0.1) is 13.8 Å². The largest absolute Gasteiger partial charge is 0.455 e. The molecule has 2 aromatic rings. The van der Waals surface area contributed by atoms with Crippen LogP contribution in [-0.4, -0.2) is 30.9 Å². The highest BCUT2D eigenvalue weighted by molar-refractivity contribution is 9.10. The van der Waals surface area contributed by atoms with Crippen LogP contribution in [0.2, 0.25) is 0 Å². The summed E-state index contributed by atoms with van der Waals surface area (Å²) in [6, 6.07) is 12.9. The second-order valence-electron chi connectivity index (χ2n) is 6.05. The van der Waals surface area contributed by atoms with E-state index in [1.807, 2.05) is 50.2 Å². The van der Waals surface area contributed by atoms with E-state index in [2.05, 4.69) is 26.6 Å². The van der Waals surface area contributed by atoms with Crippen LogP contribution in [0.1, 0.15) is 16.7 Å². The number of hydrogen-bond donors (Lipinski definition) is 2. The van der Waals surface area contributed by atoms with Crippen LogP contribution >= 0.6 is 15.9 Å². The second-order valence-corrected chi connectivity index (χ2v) is 6.96. The molecule has 0 unspecified atom stereocenters. The van der Waals surface area contributed by atoms with E-state index in [4.69, 9.17) is 4.74 Å². The van der Waals surface area contributed by atoms with E-state index in [0.29, 0.717) is 5.69 Å². The van der Waals surface area contributed by atoms with Gasteiger partial charge in [0.2, 0.25) is 5.91 Å². The van der Waals surface area contributed by atoms with Crippen LogP contribution < -0.4 is 10.6 Å². The number of ether oxygens (including phenoxy) is 1. The van der Waals surface area contributed by atoms with E-state index < -0.39 is 18.5 Å². The first-order valence-electron chi connectivity index (χ1n) is 8.38. The number of halogens is 1. The van der Waals surface area contributed by atoms with Crippen LogP contribution in [0.4, 0.5) is 5.69 Å². The minimum absolute atomic E-state index is 0.100. The number of benzene rings is 2. The van der Waals surface area contributed by atoms with Crippen molar-refractivity contribution in [3.05, 3.63) is 63.6 Å². The Bertz CT molecular complexity index is 852. The molecule has 0 aliphatic rings. The minimum atomic E-state index is -0.532. The molecule has 0 saturated heterocycles.